The lowest BCUT2D eigenvalue weighted by Gasteiger charge is -2.15. The van der Waals surface area contributed by atoms with Gasteiger partial charge in [-0.2, -0.15) is 0 Å². The number of hydrogen-bond donors (Lipinski definition) is 2. The maximum absolute atomic E-state index is 12.6. The SMILES string of the molecule is CCNC(=O)c1cccc(NC(=O)C(C)n2cnc3ccccc32)c1. The van der Waals surface area contributed by atoms with Crippen LogP contribution in [0.5, 0.6) is 0 Å². The Hall–Kier alpha value is -3.15. The summed E-state index contributed by atoms with van der Waals surface area (Å²) in [5.74, 6) is -0.330. The van der Waals surface area contributed by atoms with E-state index in [0.29, 0.717) is 17.8 Å². The molecule has 0 aliphatic rings. The van der Waals surface area contributed by atoms with Gasteiger partial charge in [0.25, 0.3) is 5.91 Å². The minimum absolute atomic E-state index is 0.160. The number of para-hydroxylation sites is 2. The van der Waals surface area contributed by atoms with Crippen LogP contribution in [0.25, 0.3) is 11.0 Å². The maximum atomic E-state index is 12.6. The number of imidazole rings is 1. The van der Waals surface area contributed by atoms with Crippen molar-refractivity contribution in [1.82, 2.24) is 14.9 Å². The van der Waals surface area contributed by atoms with Gasteiger partial charge in [0.1, 0.15) is 6.04 Å². The van der Waals surface area contributed by atoms with Crippen LogP contribution in [0.2, 0.25) is 0 Å². The molecule has 2 aromatic carbocycles. The molecule has 0 bridgehead atoms. The van der Waals surface area contributed by atoms with E-state index in [1.165, 1.54) is 0 Å². The zero-order valence-corrected chi connectivity index (χ0v) is 14.2. The third kappa shape index (κ3) is 3.52. The molecule has 128 valence electrons. The van der Waals surface area contributed by atoms with Gasteiger partial charge in [-0.25, -0.2) is 4.98 Å². The molecule has 1 aromatic heterocycles. The average Bonchev–Trinajstić information content (AvgIpc) is 3.05. The Kier molecular flexibility index (Phi) is 4.79. The van der Waals surface area contributed by atoms with Crippen molar-refractivity contribution in [2.45, 2.75) is 19.9 Å². The summed E-state index contributed by atoms with van der Waals surface area (Å²) in [5, 5.41) is 5.61. The lowest BCUT2D eigenvalue weighted by Crippen LogP contribution is -2.24. The van der Waals surface area contributed by atoms with E-state index in [1.54, 1.807) is 30.6 Å². The predicted octanol–water partition coefficient (Wildman–Crippen LogP) is 2.99. The molecule has 3 aromatic rings. The molecule has 1 heterocycles. The summed E-state index contributed by atoms with van der Waals surface area (Å²) in [6.07, 6.45) is 1.67. The fraction of sp³-hybridized carbons (Fsp3) is 0.211. The van der Waals surface area contributed by atoms with Gasteiger partial charge >= 0.3 is 0 Å². The molecule has 0 saturated carbocycles. The number of amides is 2. The van der Waals surface area contributed by atoms with Crippen molar-refractivity contribution >= 4 is 28.5 Å². The summed E-state index contributed by atoms with van der Waals surface area (Å²) >= 11 is 0. The molecule has 3 rings (SSSR count). The molecule has 6 nitrogen and oxygen atoms in total. The number of aromatic nitrogens is 2. The molecule has 0 radical (unpaired) electrons. The Bertz CT molecular complexity index is 916. The summed E-state index contributed by atoms with van der Waals surface area (Å²) in [6.45, 7) is 4.23. The third-order valence-electron chi connectivity index (χ3n) is 4.01. The fourth-order valence-electron chi connectivity index (χ4n) is 2.66. The standard InChI is InChI=1S/C19H20N4O2/c1-3-20-19(25)14-7-6-8-15(11-14)22-18(24)13(2)23-12-21-16-9-4-5-10-17(16)23/h4-13H,3H2,1-2H3,(H,20,25)(H,22,24). The Morgan fingerprint density at radius 2 is 1.96 bits per heavy atom. The van der Waals surface area contributed by atoms with Crippen molar-refractivity contribution in [2.75, 3.05) is 11.9 Å². The van der Waals surface area contributed by atoms with E-state index in [0.717, 1.165) is 11.0 Å². The van der Waals surface area contributed by atoms with Crippen molar-refractivity contribution < 1.29 is 9.59 Å². The topological polar surface area (TPSA) is 76.0 Å². The van der Waals surface area contributed by atoms with E-state index in [1.807, 2.05) is 42.7 Å². The highest BCUT2D eigenvalue weighted by molar-refractivity contribution is 5.98. The number of nitrogens with one attached hydrogen (secondary N) is 2. The highest BCUT2D eigenvalue weighted by Gasteiger charge is 2.17. The molecule has 0 fully saturated rings. The number of carbonyl (C=O) groups is 2. The average molecular weight is 336 g/mol. The van der Waals surface area contributed by atoms with E-state index in [4.69, 9.17) is 0 Å². The number of anilines is 1. The second kappa shape index (κ2) is 7.17. The van der Waals surface area contributed by atoms with Gasteiger partial charge in [0.15, 0.2) is 0 Å². The lowest BCUT2D eigenvalue weighted by atomic mass is 10.1. The molecule has 25 heavy (non-hydrogen) atoms. The summed E-state index contributed by atoms with van der Waals surface area (Å²) in [5.41, 5.74) is 2.85. The zero-order valence-electron chi connectivity index (χ0n) is 14.2. The van der Waals surface area contributed by atoms with Crippen molar-refractivity contribution in [3.8, 4) is 0 Å². The molecular formula is C19H20N4O2. The quantitative estimate of drug-likeness (QED) is 0.752. The predicted molar refractivity (Wildman–Crippen MR) is 97.5 cm³/mol. The number of fused-ring (bicyclic) bond motifs is 1. The highest BCUT2D eigenvalue weighted by Crippen LogP contribution is 2.19. The first kappa shape index (κ1) is 16.7. The van der Waals surface area contributed by atoms with E-state index >= 15 is 0 Å². The van der Waals surface area contributed by atoms with Gasteiger partial charge in [-0.1, -0.05) is 18.2 Å². The van der Waals surface area contributed by atoms with Gasteiger partial charge in [0.2, 0.25) is 5.91 Å². The lowest BCUT2D eigenvalue weighted by molar-refractivity contribution is -0.118. The second-order valence-corrected chi connectivity index (χ2v) is 5.75. The van der Waals surface area contributed by atoms with Crippen LogP contribution in [0.3, 0.4) is 0 Å². The Morgan fingerprint density at radius 3 is 2.76 bits per heavy atom. The Balaban J connectivity index is 1.78. The summed E-state index contributed by atoms with van der Waals surface area (Å²) in [4.78, 5) is 28.8. The molecule has 1 atom stereocenters. The van der Waals surface area contributed by atoms with Crippen molar-refractivity contribution in [2.24, 2.45) is 0 Å². The van der Waals surface area contributed by atoms with Crippen molar-refractivity contribution in [3.63, 3.8) is 0 Å². The van der Waals surface area contributed by atoms with Crippen LogP contribution in [0.4, 0.5) is 5.69 Å². The first-order chi connectivity index (χ1) is 12.1. The first-order valence-corrected chi connectivity index (χ1v) is 8.21. The smallest absolute Gasteiger partial charge is 0.251 e. The van der Waals surface area contributed by atoms with Crippen molar-refractivity contribution in [1.29, 1.82) is 0 Å². The van der Waals surface area contributed by atoms with E-state index < -0.39 is 6.04 Å². The summed E-state index contributed by atoms with van der Waals surface area (Å²) < 4.78 is 1.83. The van der Waals surface area contributed by atoms with E-state index in [9.17, 15) is 9.59 Å². The van der Waals surface area contributed by atoms with Gasteiger partial charge < -0.3 is 15.2 Å². The van der Waals surface area contributed by atoms with Crippen LogP contribution in [0.15, 0.2) is 54.9 Å². The van der Waals surface area contributed by atoms with Crippen LogP contribution < -0.4 is 10.6 Å². The van der Waals surface area contributed by atoms with Crippen LogP contribution >= 0.6 is 0 Å². The Labute approximate surface area is 145 Å². The number of carbonyl (C=O) groups excluding carboxylic acids is 2. The molecule has 6 heteroatoms. The molecule has 2 amide bonds. The minimum atomic E-state index is -0.430. The number of rotatable bonds is 5. The molecular weight excluding hydrogens is 316 g/mol. The zero-order chi connectivity index (χ0) is 17.8. The molecule has 0 saturated heterocycles. The fourth-order valence-corrected chi connectivity index (χ4v) is 2.66. The minimum Gasteiger partial charge on any atom is -0.352 e. The maximum Gasteiger partial charge on any atom is 0.251 e. The Morgan fingerprint density at radius 1 is 1.16 bits per heavy atom. The van der Waals surface area contributed by atoms with Gasteiger partial charge in [-0.05, 0) is 44.2 Å². The second-order valence-electron chi connectivity index (χ2n) is 5.75. The summed E-state index contributed by atoms with van der Waals surface area (Å²) in [7, 11) is 0. The van der Waals surface area contributed by atoms with Crippen LogP contribution in [0.1, 0.15) is 30.2 Å². The van der Waals surface area contributed by atoms with Gasteiger partial charge in [0.05, 0.1) is 17.4 Å². The molecule has 2 N–H and O–H groups in total. The molecule has 0 aliphatic heterocycles. The monoisotopic (exact) mass is 336 g/mol. The number of hydrogen-bond acceptors (Lipinski definition) is 3. The van der Waals surface area contributed by atoms with Crippen molar-refractivity contribution in [3.05, 3.63) is 60.4 Å². The number of benzene rings is 2. The van der Waals surface area contributed by atoms with Crippen LogP contribution in [0, 0.1) is 0 Å². The third-order valence-corrected chi connectivity index (χ3v) is 4.01. The van der Waals surface area contributed by atoms with Gasteiger partial charge in [-0.3, -0.25) is 9.59 Å². The largest absolute Gasteiger partial charge is 0.352 e. The van der Waals surface area contributed by atoms with Crippen LogP contribution in [-0.2, 0) is 4.79 Å². The van der Waals surface area contributed by atoms with Crippen LogP contribution in [-0.4, -0.2) is 27.9 Å². The molecule has 0 aliphatic carbocycles. The van der Waals surface area contributed by atoms with Gasteiger partial charge in [-0.15, -0.1) is 0 Å². The highest BCUT2D eigenvalue weighted by atomic mass is 16.2. The van der Waals surface area contributed by atoms with E-state index in [2.05, 4.69) is 15.6 Å². The number of nitrogens with zero attached hydrogens (tertiary/aromatic N) is 2. The molecule has 1 unspecified atom stereocenters. The summed E-state index contributed by atoms with van der Waals surface area (Å²) in [6, 6.07) is 14.1. The normalized spacial score (nSPS) is 11.9. The van der Waals surface area contributed by atoms with Gasteiger partial charge in [0, 0.05) is 17.8 Å². The molecule has 0 spiro atoms. The van der Waals surface area contributed by atoms with E-state index in [-0.39, 0.29) is 11.8 Å². The first-order valence-electron chi connectivity index (χ1n) is 8.21.